The van der Waals surface area contributed by atoms with E-state index in [2.05, 4.69) is 15.3 Å². The Bertz CT molecular complexity index is 1210. The van der Waals surface area contributed by atoms with E-state index in [1.54, 1.807) is 0 Å². The lowest BCUT2D eigenvalue weighted by Crippen LogP contribution is -2.54. The maximum Gasteiger partial charge on any atom is 0.432 e. The van der Waals surface area contributed by atoms with Crippen LogP contribution in [0.25, 0.3) is 10.4 Å². The lowest BCUT2D eigenvalue weighted by molar-refractivity contribution is -0.377. The van der Waals surface area contributed by atoms with E-state index in [4.69, 9.17) is 0 Å². The molecule has 2 amide bonds. The summed E-state index contributed by atoms with van der Waals surface area (Å²) in [5, 5.41) is 21.8. The molecular formula is C23H26F6N4O4S. The summed E-state index contributed by atoms with van der Waals surface area (Å²) in [5.74, 6) is -1.30. The highest BCUT2D eigenvalue weighted by atomic mass is 32.1. The highest BCUT2D eigenvalue weighted by molar-refractivity contribution is 7.17. The molecule has 1 fully saturated rings. The van der Waals surface area contributed by atoms with E-state index in [-0.39, 0.29) is 39.3 Å². The SMILES string of the molecule is Cc1cc(C(O)(C(F)(F)F)C(F)(F)F)ncc1-c1sc(C(=O)NCC(C)(C)O)nc1C(=O)N1CCC[C@@H]1C. The number of halogens is 6. The normalized spacial score (nSPS) is 17.2. The molecule has 1 atom stereocenters. The van der Waals surface area contributed by atoms with Crippen LogP contribution in [0.3, 0.4) is 0 Å². The average molecular weight is 569 g/mol. The second kappa shape index (κ2) is 10.1. The quantitative estimate of drug-likeness (QED) is 0.455. The first kappa shape index (κ1) is 29.8. The second-order valence-corrected chi connectivity index (χ2v) is 10.8. The maximum absolute atomic E-state index is 13.3. The van der Waals surface area contributed by atoms with E-state index >= 15 is 0 Å². The van der Waals surface area contributed by atoms with Gasteiger partial charge < -0.3 is 20.4 Å². The number of thiazole rings is 1. The Labute approximate surface area is 217 Å². The molecule has 210 valence electrons. The van der Waals surface area contributed by atoms with Crippen LogP contribution >= 0.6 is 11.3 Å². The zero-order valence-electron chi connectivity index (χ0n) is 20.8. The van der Waals surface area contributed by atoms with Gasteiger partial charge in [0.1, 0.15) is 5.69 Å². The topological polar surface area (TPSA) is 116 Å². The van der Waals surface area contributed by atoms with Crippen LogP contribution in [-0.2, 0) is 5.60 Å². The van der Waals surface area contributed by atoms with E-state index in [0.717, 1.165) is 0 Å². The Kier molecular flexibility index (Phi) is 7.89. The molecule has 0 bridgehead atoms. The minimum Gasteiger partial charge on any atom is -0.389 e. The Balaban J connectivity index is 2.12. The predicted octanol–water partition coefficient (Wildman–Crippen LogP) is 3.95. The molecule has 3 heterocycles. The first-order chi connectivity index (χ1) is 17.3. The van der Waals surface area contributed by atoms with Crippen LogP contribution in [0.5, 0.6) is 0 Å². The number of alkyl halides is 6. The molecule has 0 unspecified atom stereocenters. The smallest absolute Gasteiger partial charge is 0.389 e. The number of aliphatic hydroxyl groups is 2. The Morgan fingerprint density at radius 2 is 1.76 bits per heavy atom. The summed E-state index contributed by atoms with van der Waals surface area (Å²) in [6, 6.07) is 0.288. The number of amides is 2. The molecule has 0 spiro atoms. The third-order valence-electron chi connectivity index (χ3n) is 6.07. The highest BCUT2D eigenvalue weighted by Gasteiger charge is 2.72. The number of rotatable bonds is 6. The van der Waals surface area contributed by atoms with Gasteiger partial charge in [-0.1, -0.05) is 0 Å². The first-order valence-electron chi connectivity index (χ1n) is 11.4. The van der Waals surface area contributed by atoms with Gasteiger partial charge >= 0.3 is 12.4 Å². The molecule has 0 aliphatic carbocycles. The van der Waals surface area contributed by atoms with Gasteiger partial charge in [0.05, 0.1) is 16.2 Å². The molecule has 0 aromatic carbocycles. The van der Waals surface area contributed by atoms with Crippen LogP contribution in [0.4, 0.5) is 26.3 Å². The largest absolute Gasteiger partial charge is 0.432 e. The molecule has 2 aromatic heterocycles. The standard InChI is InChI=1S/C23H26F6N4O4S/c1-11-8-14(21(37,22(24,25)26)23(27,28)29)30-9-13(11)16-15(19(35)33-7-5-6-12(33)2)32-18(38-16)17(34)31-10-20(3,4)36/h8-9,12,36-37H,5-7,10H2,1-4H3,(H,31,34)/t12-/m0/s1. The van der Waals surface area contributed by atoms with Crippen LogP contribution in [-0.4, -0.2) is 74.0 Å². The lowest BCUT2D eigenvalue weighted by atomic mass is 9.95. The average Bonchev–Trinajstić information content (AvgIpc) is 3.41. The third-order valence-corrected chi connectivity index (χ3v) is 7.15. The zero-order valence-corrected chi connectivity index (χ0v) is 21.6. The molecule has 3 rings (SSSR count). The minimum absolute atomic E-state index is 0.0154. The van der Waals surface area contributed by atoms with Crippen molar-refractivity contribution in [3.8, 4) is 10.4 Å². The fourth-order valence-corrected chi connectivity index (χ4v) is 4.98. The number of hydrogen-bond acceptors (Lipinski definition) is 7. The highest BCUT2D eigenvalue weighted by Crippen LogP contribution is 2.50. The van der Waals surface area contributed by atoms with Crippen molar-refractivity contribution >= 4 is 23.2 Å². The Morgan fingerprint density at radius 1 is 1.16 bits per heavy atom. The van der Waals surface area contributed by atoms with Crippen molar-refractivity contribution in [1.29, 1.82) is 0 Å². The first-order valence-corrected chi connectivity index (χ1v) is 12.2. The number of aromatic nitrogens is 2. The van der Waals surface area contributed by atoms with Gasteiger partial charge in [0.25, 0.3) is 17.4 Å². The van der Waals surface area contributed by atoms with E-state index < -0.39 is 41.1 Å². The van der Waals surface area contributed by atoms with Gasteiger partial charge in [-0.15, -0.1) is 11.3 Å². The molecule has 15 heteroatoms. The van der Waals surface area contributed by atoms with Gasteiger partial charge in [-0.05, 0) is 52.2 Å². The monoisotopic (exact) mass is 568 g/mol. The third kappa shape index (κ3) is 5.64. The number of carbonyl (C=O) groups is 2. The number of pyridine rings is 1. The van der Waals surface area contributed by atoms with Crippen LogP contribution in [0.2, 0.25) is 0 Å². The van der Waals surface area contributed by atoms with Gasteiger partial charge in [0, 0.05) is 30.9 Å². The Hall–Kier alpha value is -2.78. The summed E-state index contributed by atoms with van der Waals surface area (Å²) in [6.07, 6.45) is -10.1. The number of nitrogens with zero attached hydrogens (tertiary/aromatic N) is 3. The van der Waals surface area contributed by atoms with Crippen LogP contribution in [0.1, 0.15) is 65.2 Å². The number of aryl methyl sites for hydroxylation is 1. The van der Waals surface area contributed by atoms with Crippen molar-refractivity contribution < 1.29 is 46.1 Å². The van der Waals surface area contributed by atoms with E-state index in [1.165, 1.54) is 25.7 Å². The number of likely N-dealkylation sites (tertiary alicyclic amines) is 1. The molecule has 1 aliphatic rings. The van der Waals surface area contributed by atoms with Crippen molar-refractivity contribution in [2.75, 3.05) is 13.1 Å². The molecule has 38 heavy (non-hydrogen) atoms. The van der Waals surface area contributed by atoms with Crippen molar-refractivity contribution in [2.24, 2.45) is 0 Å². The maximum atomic E-state index is 13.3. The molecule has 2 aromatic rings. The number of nitrogens with one attached hydrogen (secondary N) is 1. The molecule has 3 N–H and O–H groups in total. The lowest BCUT2D eigenvalue weighted by Gasteiger charge is -2.32. The summed E-state index contributed by atoms with van der Waals surface area (Å²) < 4.78 is 80.0. The van der Waals surface area contributed by atoms with Crippen molar-refractivity contribution in [1.82, 2.24) is 20.2 Å². The van der Waals surface area contributed by atoms with E-state index in [1.807, 2.05) is 6.92 Å². The minimum atomic E-state index is -6.12. The second-order valence-electron chi connectivity index (χ2n) is 9.77. The van der Waals surface area contributed by atoms with E-state index in [9.17, 15) is 46.1 Å². The molecular weight excluding hydrogens is 542 g/mol. The van der Waals surface area contributed by atoms with Gasteiger partial charge in [-0.2, -0.15) is 26.3 Å². The van der Waals surface area contributed by atoms with Gasteiger partial charge in [0.2, 0.25) is 0 Å². The molecule has 8 nitrogen and oxygen atoms in total. The molecule has 0 saturated carbocycles. The summed E-state index contributed by atoms with van der Waals surface area (Å²) in [5.41, 5.74) is -8.58. The molecule has 1 saturated heterocycles. The van der Waals surface area contributed by atoms with Gasteiger partial charge in [0.15, 0.2) is 5.01 Å². The Morgan fingerprint density at radius 3 is 2.24 bits per heavy atom. The van der Waals surface area contributed by atoms with Crippen LogP contribution < -0.4 is 5.32 Å². The molecule has 0 radical (unpaired) electrons. The van der Waals surface area contributed by atoms with Gasteiger partial charge in [-0.25, -0.2) is 4.98 Å². The number of carbonyl (C=O) groups excluding carboxylic acids is 2. The van der Waals surface area contributed by atoms with Crippen LogP contribution in [0.15, 0.2) is 12.3 Å². The molecule has 1 aliphatic heterocycles. The van der Waals surface area contributed by atoms with Crippen LogP contribution in [0, 0.1) is 6.92 Å². The predicted molar refractivity (Wildman–Crippen MR) is 124 cm³/mol. The summed E-state index contributed by atoms with van der Waals surface area (Å²) in [6.45, 7) is 6.14. The summed E-state index contributed by atoms with van der Waals surface area (Å²) in [7, 11) is 0. The number of hydrogen-bond donors (Lipinski definition) is 3. The summed E-state index contributed by atoms with van der Waals surface area (Å²) in [4.78, 5) is 35.0. The van der Waals surface area contributed by atoms with Crippen molar-refractivity contribution in [3.63, 3.8) is 0 Å². The fraction of sp³-hybridized carbons (Fsp3) is 0.565. The fourth-order valence-electron chi connectivity index (χ4n) is 3.93. The van der Waals surface area contributed by atoms with Crippen molar-refractivity contribution in [3.05, 3.63) is 34.2 Å². The van der Waals surface area contributed by atoms with E-state index in [0.29, 0.717) is 43.0 Å². The summed E-state index contributed by atoms with van der Waals surface area (Å²) >= 11 is 0.699. The van der Waals surface area contributed by atoms with Crippen molar-refractivity contribution in [2.45, 2.75) is 70.1 Å². The zero-order chi connectivity index (χ0) is 28.8. The van der Waals surface area contributed by atoms with Gasteiger partial charge in [-0.3, -0.25) is 14.6 Å².